The van der Waals surface area contributed by atoms with Gasteiger partial charge in [-0.3, -0.25) is 0 Å². The zero-order valence-corrected chi connectivity index (χ0v) is 10.8. The number of hydrogen-bond donors (Lipinski definition) is 1. The van der Waals surface area contributed by atoms with Gasteiger partial charge in [0, 0.05) is 0 Å². The summed E-state index contributed by atoms with van der Waals surface area (Å²) in [5.41, 5.74) is -0.320. The van der Waals surface area contributed by atoms with Gasteiger partial charge in [-0.25, -0.2) is 0 Å². The van der Waals surface area contributed by atoms with Crippen LogP contribution in [-0.4, -0.2) is 10.7 Å². The summed E-state index contributed by atoms with van der Waals surface area (Å²) in [4.78, 5) is 0. The summed E-state index contributed by atoms with van der Waals surface area (Å²) in [5.74, 6) is 1.60. The average molecular weight is 212 g/mol. The standard InChI is InChI=1S/C14H28O/c1-12(2)6-4-9-14(15)10-5-7-13(3)8-11-14/h12-13,15H,4-11H2,1-3H3. The van der Waals surface area contributed by atoms with E-state index in [1.54, 1.807) is 0 Å². The third-order valence-electron chi connectivity index (χ3n) is 3.87. The molecular weight excluding hydrogens is 184 g/mol. The zero-order valence-electron chi connectivity index (χ0n) is 10.8. The van der Waals surface area contributed by atoms with Crippen LogP contribution in [0.2, 0.25) is 0 Å². The number of hydrogen-bond acceptors (Lipinski definition) is 1. The highest BCUT2D eigenvalue weighted by Gasteiger charge is 2.28. The summed E-state index contributed by atoms with van der Waals surface area (Å²) in [6, 6.07) is 0. The zero-order chi connectivity index (χ0) is 11.3. The maximum absolute atomic E-state index is 10.5. The molecule has 1 aliphatic carbocycles. The molecule has 15 heavy (non-hydrogen) atoms. The second-order valence-electron chi connectivity index (χ2n) is 6.05. The Morgan fingerprint density at radius 2 is 2.00 bits per heavy atom. The molecule has 0 radical (unpaired) electrons. The third-order valence-corrected chi connectivity index (χ3v) is 3.87. The average Bonchev–Trinajstić information content (AvgIpc) is 2.29. The Morgan fingerprint density at radius 3 is 2.67 bits per heavy atom. The monoisotopic (exact) mass is 212 g/mol. The molecule has 0 aromatic rings. The van der Waals surface area contributed by atoms with Gasteiger partial charge in [-0.15, -0.1) is 0 Å². The minimum absolute atomic E-state index is 0.320. The fraction of sp³-hybridized carbons (Fsp3) is 1.00. The first-order chi connectivity index (χ1) is 7.02. The van der Waals surface area contributed by atoms with Crippen LogP contribution in [0.4, 0.5) is 0 Å². The van der Waals surface area contributed by atoms with Crippen LogP contribution in [0.25, 0.3) is 0 Å². The van der Waals surface area contributed by atoms with Crippen LogP contribution in [0.15, 0.2) is 0 Å². The molecule has 0 saturated heterocycles. The Kier molecular flexibility index (Phi) is 5.11. The molecule has 1 saturated carbocycles. The van der Waals surface area contributed by atoms with E-state index >= 15 is 0 Å². The molecule has 0 amide bonds. The van der Waals surface area contributed by atoms with E-state index in [0.717, 1.165) is 31.1 Å². The third kappa shape index (κ3) is 5.01. The lowest BCUT2D eigenvalue weighted by atomic mass is 9.87. The van der Waals surface area contributed by atoms with Crippen molar-refractivity contribution in [3.05, 3.63) is 0 Å². The van der Waals surface area contributed by atoms with Crippen molar-refractivity contribution in [1.82, 2.24) is 0 Å². The van der Waals surface area contributed by atoms with Crippen molar-refractivity contribution in [3.8, 4) is 0 Å². The second-order valence-corrected chi connectivity index (χ2v) is 6.05. The highest BCUT2D eigenvalue weighted by Crippen LogP contribution is 2.33. The molecule has 2 unspecified atom stereocenters. The molecule has 0 aliphatic heterocycles. The molecule has 1 nitrogen and oxygen atoms in total. The number of rotatable bonds is 4. The van der Waals surface area contributed by atoms with E-state index in [1.165, 1.54) is 32.1 Å². The van der Waals surface area contributed by atoms with E-state index in [1.807, 2.05) is 0 Å². The Labute approximate surface area is 95.3 Å². The summed E-state index contributed by atoms with van der Waals surface area (Å²) in [6.45, 7) is 6.85. The van der Waals surface area contributed by atoms with Crippen LogP contribution in [0.5, 0.6) is 0 Å². The predicted octanol–water partition coefficient (Wildman–Crippen LogP) is 4.14. The fourth-order valence-corrected chi connectivity index (χ4v) is 2.65. The molecule has 1 fully saturated rings. The van der Waals surface area contributed by atoms with Crippen LogP contribution < -0.4 is 0 Å². The maximum Gasteiger partial charge on any atom is 0.0648 e. The summed E-state index contributed by atoms with van der Waals surface area (Å²) in [7, 11) is 0. The Balaban J connectivity index is 2.30. The first-order valence-electron chi connectivity index (χ1n) is 6.74. The minimum Gasteiger partial charge on any atom is -0.390 e. The Morgan fingerprint density at radius 1 is 1.27 bits per heavy atom. The number of aliphatic hydroxyl groups is 1. The minimum atomic E-state index is -0.320. The lowest BCUT2D eigenvalue weighted by Crippen LogP contribution is -2.27. The van der Waals surface area contributed by atoms with E-state index in [-0.39, 0.29) is 5.60 Å². The van der Waals surface area contributed by atoms with Gasteiger partial charge in [0.25, 0.3) is 0 Å². The Bertz CT molecular complexity index is 176. The first-order valence-corrected chi connectivity index (χ1v) is 6.74. The van der Waals surface area contributed by atoms with Crippen LogP contribution in [0.3, 0.4) is 0 Å². The van der Waals surface area contributed by atoms with Crippen LogP contribution in [-0.2, 0) is 0 Å². The van der Waals surface area contributed by atoms with Gasteiger partial charge in [0.05, 0.1) is 5.60 Å². The van der Waals surface area contributed by atoms with Gasteiger partial charge in [0.2, 0.25) is 0 Å². The van der Waals surface area contributed by atoms with Crippen LogP contribution in [0.1, 0.15) is 72.1 Å². The second kappa shape index (κ2) is 5.89. The molecule has 1 heteroatoms. The van der Waals surface area contributed by atoms with Crippen molar-refractivity contribution >= 4 is 0 Å². The highest BCUT2D eigenvalue weighted by atomic mass is 16.3. The van der Waals surface area contributed by atoms with Crippen molar-refractivity contribution in [1.29, 1.82) is 0 Å². The van der Waals surface area contributed by atoms with Gasteiger partial charge >= 0.3 is 0 Å². The summed E-state index contributed by atoms with van der Waals surface area (Å²) in [5, 5.41) is 10.5. The van der Waals surface area contributed by atoms with E-state index < -0.39 is 0 Å². The normalized spacial score (nSPS) is 33.0. The van der Waals surface area contributed by atoms with Gasteiger partial charge < -0.3 is 5.11 Å². The molecule has 1 rings (SSSR count). The molecule has 0 bridgehead atoms. The van der Waals surface area contributed by atoms with Gasteiger partial charge in [0.15, 0.2) is 0 Å². The Hall–Kier alpha value is -0.0400. The predicted molar refractivity (Wildman–Crippen MR) is 65.9 cm³/mol. The highest BCUT2D eigenvalue weighted by molar-refractivity contribution is 4.82. The van der Waals surface area contributed by atoms with Crippen molar-refractivity contribution in [2.24, 2.45) is 11.8 Å². The van der Waals surface area contributed by atoms with Gasteiger partial charge in [-0.05, 0) is 37.5 Å². The van der Waals surface area contributed by atoms with E-state index in [9.17, 15) is 5.11 Å². The first kappa shape index (κ1) is 13.0. The molecule has 2 atom stereocenters. The van der Waals surface area contributed by atoms with Crippen LogP contribution >= 0.6 is 0 Å². The molecule has 0 heterocycles. The van der Waals surface area contributed by atoms with E-state index in [2.05, 4.69) is 20.8 Å². The molecule has 0 aromatic carbocycles. The smallest absolute Gasteiger partial charge is 0.0648 e. The molecule has 1 N–H and O–H groups in total. The van der Waals surface area contributed by atoms with E-state index in [4.69, 9.17) is 0 Å². The fourth-order valence-electron chi connectivity index (χ4n) is 2.65. The molecule has 1 aliphatic rings. The van der Waals surface area contributed by atoms with Crippen molar-refractivity contribution in [3.63, 3.8) is 0 Å². The maximum atomic E-state index is 10.5. The van der Waals surface area contributed by atoms with E-state index in [0.29, 0.717) is 0 Å². The van der Waals surface area contributed by atoms with Gasteiger partial charge in [-0.1, -0.05) is 46.5 Å². The molecular formula is C14H28O. The molecule has 0 aromatic heterocycles. The van der Waals surface area contributed by atoms with Gasteiger partial charge in [0.1, 0.15) is 0 Å². The van der Waals surface area contributed by atoms with Crippen molar-refractivity contribution in [2.45, 2.75) is 77.7 Å². The van der Waals surface area contributed by atoms with Gasteiger partial charge in [-0.2, -0.15) is 0 Å². The molecule has 90 valence electrons. The topological polar surface area (TPSA) is 20.2 Å². The lowest BCUT2D eigenvalue weighted by molar-refractivity contribution is 0.0126. The lowest BCUT2D eigenvalue weighted by Gasteiger charge is -2.27. The largest absolute Gasteiger partial charge is 0.390 e. The quantitative estimate of drug-likeness (QED) is 0.694. The summed E-state index contributed by atoms with van der Waals surface area (Å²) >= 11 is 0. The SMILES string of the molecule is CC(C)CCCC1(O)CCCC(C)CC1. The van der Waals surface area contributed by atoms with Crippen molar-refractivity contribution < 1.29 is 5.11 Å². The summed E-state index contributed by atoms with van der Waals surface area (Å²) in [6.07, 6.45) is 9.31. The summed E-state index contributed by atoms with van der Waals surface area (Å²) < 4.78 is 0. The van der Waals surface area contributed by atoms with Crippen molar-refractivity contribution in [2.75, 3.05) is 0 Å². The molecule has 0 spiro atoms. The van der Waals surface area contributed by atoms with Crippen LogP contribution in [0, 0.1) is 11.8 Å².